The summed E-state index contributed by atoms with van der Waals surface area (Å²) in [5.74, 6) is 1.61. The maximum Gasteiger partial charge on any atom is 0.158 e. The van der Waals surface area contributed by atoms with Gasteiger partial charge in [-0.3, -0.25) is 4.79 Å². The molecule has 2 aromatic carbocycles. The Bertz CT molecular complexity index is 1010. The zero-order chi connectivity index (χ0) is 25.3. The quantitative estimate of drug-likeness (QED) is 0.356. The lowest BCUT2D eigenvalue weighted by Crippen LogP contribution is -2.48. The fourth-order valence-corrected chi connectivity index (χ4v) is 13.7. The number of carbonyl (C=O) groups excluding carboxylic acids is 1. The highest BCUT2D eigenvalue weighted by atomic mass is 28.3. The van der Waals surface area contributed by atoms with Crippen LogP contribution in [0.4, 0.5) is 0 Å². The molecule has 3 rings (SSSR count). The van der Waals surface area contributed by atoms with Gasteiger partial charge in [0, 0.05) is 19.6 Å². The van der Waals surface area contributed by atoms with E-state index >= 15 is 0 Å². The second-order valence-corrected chi connectivity index (χ2v) is 16.1. The van der Waals surface area contributed by atoms with Gasteiger partial charge in [0.2, 0.25) is 0 Å². The van der Waals surface area contributed by atoms with Crippen LogP contribution in [0.25, 0.3) is 5.57 Å². The third kappa shape index (κ3) is 4.03. The van der Waals surface area contributed by atoms with E-state index in [2.05, 4.69) is 53.7 Å². The molecule has 184 valence electrons. The minimum absolute atomic E-state index is 0.213. The van der Waals surface area contributed by atoms with E-state index in [1.54, 1.807) is 21.3 Å². The van der Waals surface area contributed by atoms with Crippen molar-refractivity contribution in [1.29, 1.82) is 0 Å². The number of rotatable bonds is 9. The normalized spacial score (nSPS) is 19.0. The van der Waals surface area contributed by atoms with Gasteiger partial charge in [-0.15, -0.1) is 0 Å². The smallest absolute Gasteiger partial charge is 0.158 e. The molecule has 1 unspecified atom stereocenters. The van der Waals surface area contributed by atoms with Crippen LogP contribution in [0.5, 0.6) is 11.5 Å². The number of ether oxygens (including phenoxy) is 3. The fraction of sp³-hybridized carbons (Fsp3) is 0.483. The molecule has 0 fully saturated rings. The second kappa shape index (κ2) is 10.1. The third-order valence-corrected chi connectivity index (χ3v) is 15.0. The van der Waals surface area contributed by atoms with E-state index in [0.717, 1.165) is 21.9 Å². The fourth-order valence-electron chi connectivity index (χ4n) is 6.64. The minimum Gasteiger partial charge on any atom is -0.497 e. The van der Waals surface area contributed by atoms with Crippen molar-refractivity contribution in [1.82, 2.24) is 0 Å². The number of carbonyl (C=O) groups is 1. The van der Waals surface area contributed by atoms with Gasteiger partial charge < -0.3 is 14.2 Å². The van der Waals surface area contributed by atoms with E-state index in [-0.39, 0.29) is 5.78 Å². The van der Waals surface area contributed by atoms with Gasteiger partial charge in [0.05, 0.1) is 22.3 Å². The highest BCUT2D eigenvalue weighted by Crippen LogP contribution is 2.58. The average molecular weight is 481 g/mol. The molecule has 0 spiro atoms. The van der Waals surface area contributed by atoms with E-state index in [1.165, 1.54) is 0 Å². The average Bonchev–Trinajstić information content (AvgIpc) is 3.12. The monoisotopic (exact) mass is 480 g/mol. The first-order valence-electron chi connectivity index (χ1n) is 12.2. The standard InChI is InChI=1S/C29H40O4Si/c1-19(2)34(20(3)4,21(5)6)28-26(30)18-29(33-9,23-13-11-10-12-14-23)27(28)22-15-24(31-7)17-25(16-22)32-8/h10-17,19-21H,18H2,1-9H3. The van der Waals surface area contributed by atoms with Gasteiger partial charge in [0.25, 0.3) is 0 Å². The first kappa shape index (κ1) is 26.2. The molecule has 0 saturated carbocycles. The summed E-state index contributed by atoms with van der Waals surface area (Å²) in [4.78, 5) is 14.2. The van der Waals surface area contributed by atoms with Crippen LogP contribution < -0.4 is 9.47 Å². The second-order valence-electron chi connectivity index (χ2n) is 10.2. The Hall–Kier alpha value is -2.37. The van der Waals surface area contributed by atoms with Crippen LogP contribution in [0.3, 0.4) is 0 Å². The number of Topliss-reactive ketones (excluding diaryl/α,β-unsaturated/α-hetero) is 1. The Morgan fingerprint density at radius 3 is 1.71 bits per heavy atom. The molecule has 0 bridgehead atoms. The molecule has 34 heavy (non-hydrogen) atoms. The summed E-state index contributed by atoms with van der Waals surface area (Å²) in [6, 6.07) is 16.1. The first-order chi connectivity index (χ1) is 16.1. The molecule has 0 heterocycles. The van der Waals surface area contributed by atoms with E-state index in [4.69, 9.17) is 14.2 Å². The van der Waals surface area contributed by atoms with Crippen molar-refractivity contribution in [2.45, 2.75) is 70.2 Å². The molecule has 1 aliphatic rings. The van der Waals surface area contributed by atoms with E-state index in [1.807, 2.05) is 36.4 Å². The number of hydrogen-bond donors (Lipinski definition) is 0. The molecule has 0 aliphatic heterocycles. The maximum absolute atomic E-state index is 14.2. The Labute approximate surface area is 206 Å². The Morgan fingerprint density at radius 1 is 0.794 bits per heavy atom. The molecule has 0 aromatic heterocycles. The zero-order valence-electron chi connectivity index (χ0n) is 22.2. The van der Waals surface area contributed by atoms with Crippen LogP contribution in [-0.2, 0) is 15.1 Å². The van der Waals surface area contributed by atoms with Crippen molar-refractivity contribution in [3.63, 3.8) is 0 Å². The topological polar surface area (TPSA) is 44.8 Å². The van der Waals surface area contributed by atoms with Gasteiger partial charge in [0.15, 0.2) is 5.78 Å². The van der Waals surface area contributed by atoms with Gasteiger partial charge in [-0.2, -0.15) is 0 Å². The van der Waals surface area contributed by atoms with Crippen LogP contribution >= 0.6 is 0 Å². The molecule has 0 radical (unpaired) electrons. The summed E-state index contributed by atoms with van der Waals surface area (Å²) in [6.07, 6.45) is 0.304. The van der Waals surface area contributed by atoms with Gasteiger partial charge in [-0.05, 0) is 50.7 Å². The van der Waals surface area contributed by atoms with Gasteiger partial charge >= 0.3 is 0 Å². The van der Waals surface area contributed by atoms with Crippen molar-refractivity contribution < 1.29 is 19.0 Å². The summed E-state index contributed by atoms with van der Waals surface area (Å²) < 4.78 is 17.7. The molecule has 1 atom stereocenters. The highest BCUT2D eigenvalue weighted by molar-refractivity contribution is 6.94. The van der Waals surface area contributed by atoms with Gasteiger partial charge in [0.1, 0.15) is 17.1 Å². The lowest BCUT2D eigenvalue weighted by molar-refractivity contribution is -0.117. The van der Waals surface area contributed by atoms with E-state index in [0.29, 0.717) is 34.5 Å². The van der Waals surface area contributed by atoms with Gasteiger partial charge in [-0.1, -0.05) is 71.9 Å². The third-order valence-electron chi connectivity index (χ3n) is 7.87. The molecule has 0 amide bonds. The summed E-state index contributed by atoms with van der Waals surface area (Å²) in [6.45, 7) is 13.8. The highest BCUT2D eigenvalue weighted by Gasteiger charge is 2.57. The number of allylic oxidation sites excluding steroid dienone is 1. The number of methoxy groups -OCH3 is 3. The molecule has 5 heteroatoms. The summed E-state index contributed by atoms with van der Waals surface area (Å²) in [7, 11) is 2.71. The SMILES string of the molecule is COc1cc(OC)cc(C2=C([Si](C(C)C)(C(C)C)C(C)C)C(=O)CC2(OC)c2ccccc2)c1. The number of hydrogen-bond acceptors (Lipinski definition) is 4. The summed E-state index contributed by atoms with van der Waals surface area (Å²) in [5, 5.41) is 1.02. The summed E-state index contributed by atoms with van der Waals surface area (Å²) in [5.41, 5.74) is 3.22. The van der Waals surface area contributed by atoms with Crippen LogP contribution in [0, 0.1) is 0 Å². The van der Waals surface area contributed by atoms with Crippen molar-refractivity contribution in [2.75, 3.05) is 21.3 Å². The minimum atomic E-state index is -2.33. The van der Waals surface area contributed by atoms with Crippen LogP contribution in [0.2, 0.25) is 16.6 Å². The predicted molar refractivity (Wildman–Crippen MR) is 142 cm³/mol. The molecular weight excluding hydrogens is 440 g/mol. The Balaban J connectivity index is 2.55. The summed E-state index contributed by atoms with van der Waals surface area (Å²) >= 11 is 0. The molecular formula is C29H40O4Si. The van der Waals surface area contributed by atoms with E-state index in [9.17, 15) is 4.79 Å². The number of benzene rings is 2. The molecule has 0 saturated heterocycles. The lowest BCUT2D eigenvalue weighted by atomic mass is 9.83. The molecule has 2 aromatic rings. The predicted octanol–water partition coefficient (Wildman–Crippen LogP) is 7.19. The van der Waals surface area contributed by atoms with Crippen molar-refractivity contribution in [3.8, 4) is 11.5 Å². The van der Waals surface area contributed by atoms with Crippen LogP contribution in [0.15, 0.2) is 53.7 Å². The number of ketones is 1. The largest absolute Gasteiger partial charge is 0.497 e. The zero-order valence-corrected chi connectivity index (χ0v) is 23.2. The first-order valence-corrected chi connectivity index (χ1v) is 14.5. The Morgan fingerprint density at radius 2 is 1.29 bits per heavy atom. The molecule has 0 N–H and O–H groups in total. The van der Waals surface area contributed by atoms with Crippen LogP contribution in [0.1, 0.15) is 59.1 Å². The van der Waals surface area contributed by atoms with Crippen LogP contribution in [-0.4, -0.2) is 35.2 Å². The van der Waals surface area contributed by atoms with Crippen molar-refractivity contribution in [3.05, 3.63) is 64.9 Å². The van der Waals surface area contributed by atoms with Crippen molar-refractivity contribution >= 4 is 19.4 Å². The molecule has 4 nitrogen and oxygen atoms in total. The lowest BCUT2D eigenvalue weighted by Gasteiger charge is -2.45. The Kier molecular flexibility index (Phi) is 7.78. The maximum atomic E-state index is 14.2. The van der Waals surface area contributed by atoms with Gasteiger partial charge in [-0.25, -0.2) is 0 Å². The van der Waals surface area contributed by atoms with Crippen molar-refractivity contribution in [2.24, 2.45) is 0 Å². The molecule has 1 aliphatic carbocycles. The van der Waals surface area contributed by atoms with E-state index < -0.39 is 13.7 Å².